The summed E-state index contributed by atoms with van der Waals surface area (Å²) in [6.07, 6.45) is 8.56. The molecule has 0 aliphatic rings. The molecular weight excluding hydrogens is 327 g/mol. The Bertz CT molecular complexity index is 275. The van der Waals surface area contributed by atoms with Crippen LogP contribution in [-0.4, -0.2) is 55.8 Å². The Morgan fingerprint density at radius 1 is 0.909 bits per heavy atom. The standard InChI is InChI=1S/C16H35O4P.Ca.2H/c1-5-9-11-15(7-3)13-19-21(17,18)20-14-16(8-4)12-10-6-2;;;/h15-16H,5-14H2,1-4H3,(H,17,18);;;/q;+2;2*-1. The Labute approximate surface area is 170 Å². The van der Waals surface area contributed by atoms with Gasteiger partial charge in [-0.2, -0.15) is 0 Å². The minimum Gasteiger partial charge on any atom is -1.00 e. The quantitative estimate of drug-likeness (QED) is 0.331. The first-order chi connectivity index (χ1) is 9.99. The second-order valence-electron chi connectivity index (χ2n) is 5.89. The fourth-order valence-electron chi connectivity index (χ4n) is 2.23. The van der Waals surface area contributed by atoms with Crippen molar-refractivity contribution in [2.75, 3.05) is 13.2 Å². The van der Waals surface area contributed by atoms with Crippen LogP contribution >= 0.6 is 7.82 Å². The normalized spacial score (nSPS) is 16.6. The van der Waals surface area contributed by atoms with Gasteiger partial charge in [0.25, 0.3) is 0 Å². The van der Waals surface area contributed by atoms with Crippen molar-refractivity contribution in [2.24, 2.45) is 11.8 Å². The predicted molar refractivity (Wildman–Crippen MR) is 96.3 cm³/mol. The zero-order valence-corrected chi connectivity index (χ0v) is 18.2. The van der Waals surface area contributed by atoms with Crippen LogP contribution in [0.3, 0.4) is 0 Å². The molecule has 0 fully saturated rings. The first-order valence-corrected chi connectivity index (χ1v) is 10.1. The Morgan fingerprint density at radius 3 is 1.55 bits per heavy atom. The molecule has 0 spiro atoms. The van der Waals surface area contributed by atoms with E-state index in [1.165, 1.54) is 0 Å². The molecule has 0 heterocycles. The van der Waals surface area contributed by atoms with Crippen molar-refractivity contribution in [3.63, 3.8) is 0 Å². The summed E-state index contributed by atoms with van der Waals surface area (Å²) in [6, 6.07) is 0. The zero-order valence-electron chi connectivity index (χ0n) is 17.1. The van der Waals surface area contributed by atoms with E-state index in [4.69, 9.17) is 9.05 Å². The van der Waals surface area contributed by atoms with Crippen molar-refractivity contribution < 1.29 is 21.4 Å². The van der Waals surface area contributed by atoms with E-state index in [-0.39, 0.29) is 40.6 Å². The minimum absolute atomic E-state index is 0. The first-order valence-electron chi connectivity index (χ1n) is 8.60. The molecule has 0 aliphatic heterocycles. The fraction of sp³-hybridized carbons (Fsp3) is 1.00. The molecule has 0 aliphatic carbocycles. The molecule has 0 aromatic heterocycles. The third-order valence-corrected chi connectivity index (χ3v) is 4.98. The number of unbranched alkanes of at least 4 members (excludes halogenated alkanes) is 2. The van der Waals surface area contributed by atoms with Crippen molar-refractivity contribution in [3.8, 4) is 0 Å². The first kappa shape index (κ1) is 25.6. The minimum atomic E-state index is -3.89. The Morgan fingerprint density at radius 2 is 1.27 bits per heavy atom. The molecule has 0 rings (SSSR count). The maximum absolute atomic E-state index is 11.9. The van der Waals surface area contributed by atoms with Crippen LogP contribution in [0.25, 0.3) is 0 Å². The topological polar surface area (TPSA) is 55.8 Å². The van der Waals surface area contributed by atoms with Crippen molar-refractivity contribution in [1.82, 2.24) is 0 Å². The van der Waals surface area contributed by atoms with Crippen molar-refractivity contribution in [3.05, 3.63) is 0 Å². The van der Waals surface area contributed by atoms with Crippen LogP contribution in [0.1, 0.15) is 81.9 Å². The van der Waals surface area contributed by atoms with E-state index in [1.807, 2.05) is 0 Å². The molecule has 132 valence electrons. The van der Waals surface area contributed by atoms with E-state index in [2.05, 4.69) is 27.7 Å². The second-order valence-corrected chi connectivity index (χ2v) is 7.35. The van der Waals surface area contributed by atoms with Crippen molar-refractivity contribution >= 4 is 45.6 Å². The molecule has 0 saturated carbocycles. The van der Waals surface area contributed by atoms with Gasteiger partial charge in [-0.15, -0.1) is 0 Å². The van der Waals surface area contributed by atoms with E-state index < -0.39 is 7.82 Å². The number of hydrogen-bond donors (Lipinski definition) is 1. The molecule has 0 bridgehead atoms. The van der Waals surface area contributed by atoms with Crippen LogP contribution in [0.2, 0.25) is 0 Å². The van der Waals surface area contributed by atoms with Gasteiger partial charge < -0.3 is 7.75 Å². The van der Waals surface area contributed by atoms with Gasteiger partial charge in [-0.25, -0.2) is 4.57 Å². The number of phosphoric ester groups is 1. The average molecular weight is 365 g/mol. The Kier molecular flexibility index (Phi) is 18.5. The maximum atomic E-state index is 11.9. The van der Waals surface area contributed by atoms with Gasteiger partial charge in [-0.1, -0.05) is 66.2 Å². The molecule has 0 aromatic carbocycles. The summed E-state index contributed by atoms with van der Waals surface area (Å²) in [5, 5.41) is 0. The monoisotopic (exact) mass is 364 g/mol. The van der Waals surface area contributed by atoms with E-state index in [9.17, 15) is 9.46 Å². The van der Waals surface area contributed by atoms with Crippen LogP contribution in [0.5, 0.6) is 0 Å². The van der Waals surface area contributed by atoms with Gasteiger partial charge in [0.1, 0.15) is 0 Å². The summed E-state index contributed by atoms with van der Waals surface area (Å²) in [6.45, 7) is 9.10. The number of rotatable bonds is 14. The Balaban J connectivity index is -0.000000667. The molecule has 2 unspecified atom stereocenters. The molecule has 22 heavy (non-hydrogen) atoms. The largest absolute Gasteiger partial charge is 2.00 e. The van der Waals surface area contributed by atoms with Crippen LogP contribution in [-0.2, 0) is 13.6 Å². The molecular formula is C16H37CaO4P. The van der Waals surface area contributed by atoms with Crippen LogP contribution in [0, 0.1) is 11.8 Å². The van der Waals surface area contributed by atoms with Gasteiger partial charge >= 0.3 is 45.6 Å². The number of phosphoric acid groups is 1. The second kappa shape index (κ2) is 15.9. The Hall–Kier alpha value is 1.37. The SMILES string of the molecule is CCCCC(CC)COP(=O)(O)OCC(CC)CCCC.[Ca+2].[H-].[H-]. The van der Waals surface area contributed by atoms with Crippen molar-refractivity contribution in [1.29, 1.82) is 0 Å². The van der Waals surface area contributed by atoms with Crippen LogP contribution < -0.4 is 0 Å². The molecule has 0 radical (unpaired) electrons. The maximum Gasteiger partial charge on any atom is 2.00 e. The fourth-order valence-corrected chi connectivity index (χ4v) is 3.11. The molecule has 0 amide bonds. The summed E-state index contributed by atoms with van der Waals surface area (Å²) in [5.74, 6) is 0.687. The molecule has 4 nitrogen and oxygen atoms in total. The zero-order chi connectivity index (χ0) is 16.1. The predicted octanol–water partition coefficient (Wildman–Crippen LogP) is 5.40. The van der Waals surface area contributed by atoms with Crippen LogP contribution in [0.4, 0.5) is 0 Å². The summed E-state index contributed by atoms with van der Waals surface area (Å²) >= 11 is 0. The van der Waals surface area contributed by atoms with E-state index in [0.717, 1.165) is 51.4 Å². The summed E-state index contributed by atoms with van der Waals surface area (Å²) < 4.78 is 22.2. The summed E-state index contributed by atoms with van der Waals surface area (Å²) in [7, 11) is -3.89. The van der Waals surface area contributed by atoms with Gasteiger partial charge in [0.15, 0.2) is 0 Å². The number of hydrogen-bond acceptors (Lipinski definition) is 3. The average Bonchev–Trinajstić information content (AvgIpc) is 2.47. The van der Waals surface area contributed by atoms with E-state index in [1.54, 1.807) is 0 Å². The summed E-state index contributed by atoms with van der Waals surface area (Å²) in [5.41, 5.74) is 0. The van der Waals surface area contributed by atoms with Gasteiger partial charge in [0.05, 0.1) is 13.2 Å². The van der Waals surface area contributed by atoms with Crippen molar-refractivity contribution in [2.45, 2.75) is 79.1 Å². The molecule has 2 atom stereocenters. The van der Waals surface area contributed by atoms with Gasteiger partial charge in [0.2, 0.25) is 0 Å². The molecule has 0 aromatic rings. The van der Waals surface area contributed by atoms with E-state index in [0.29, 0.717) is 25.0 Å². The molecule has 6 heteroatoms. The summed E-state index contributed by atoms with van der Waals surface area (Å²) in [4.78, 5) is 9.77. The smallest absolute Gasteiger partial charge is 1.00 e. The van der Waals surface area contributed by atoms with E-state index >= 15 is 0 Å². The molecule has 1 N–H and O–H groups in total. The van der Waals surface area contributed by atoms with Gasteiger partial charge in [-0.3, -0.25) is 9.05 Å². The third-order valence-electron chi connectivity index (χ3n) is 4.03. The van der Waals surface area contributed by atoms with Gasteiger partial charge in [-0.05, 0) is 24.7 Å². The van der Waals surface area contributed by atoms with Gasteiger partial charge in [0, 0.05) is 0 Å². The van der Waals surface area contributed by atoms with Crippen LogP contribution in [0.15, 0.2) is 0 Å². The molecule has 0 saturated heterocycles. The third kappa shape index (κ3) is 13.8.